The highest BCUT2D eigenvalue weighted by atomic mass is 19.2. The summed E-state index contributed by atoms with van der Waals surface area (Å²) < 4.78 is 32.2. The van der Waals surface area contributed by atoms with Crippen molar-refractivity contribution in [2.24, 2.45) is 7.05 Å². The fourth-order valence-corrected chi connectivity index (χ4v) is 1.81. The Labute approximate surface area is 130 Å². The lowest BCUT2D eigenvalue weighted by atomic mass is 10.3. The molecule has 2 rings (SSSR count). The molecule has 0 unspecified atom stereocenters. The number of halogens is 2. The highest BCUT2D eigenvalue weighted by Crippen LogP contribution is 2.14. The minimum atomic E-state index is -1.08. The van der Waals surface area contributed by atoms with Gasteiger partial charge in [0, 0.05) is 25.0 Å². The predicted octanol–water partition coefficient (Wildman–Crippen LogP) is 1.08. The van der Waals surface area contributed by atoms with Gasteiger partial charge in [0.05, 0.1) is 13.7 Å². The van der Waals surface area contributed by atoms with E-state index in [0.29, 0.717) is 0 Å². The zero-order chi connectivity index (χ0) is 17.0. The fourth-order valence-electron chi connectivity index (χ4n) is 1.81. The summed E-state index contributed by atoms with van der Waals surface area (Å²) in [6, 6.07) is 2.95. The summed E-state index contributed by atoms with van der Waals surface area (Å²) in [6.45, 7) is -0.351. The molecule has 7 nitrogen and oxygen atoms in total. The van der Waals surface area contributed by atoms with E-state index in [1.807, 2.05) is 0 Å². The highest BCUT2D eigenvalue weighted by molar-refractivity contribution is 6.00. The van der Waals surface area contributed by atoms with Crippen molar-refractivity contribution >= 4 is 17.5 Å². The lowest BCUT2D eigenvalue weighted by Crippen LogP contribution is -2.32. The van der Waals surface area contributed by atoms with Crippen LogP contribution in [0.25, 0.3) is 0 Å². The molecule has 1 aromatic carbocycles. The molecular formula is C14H14F2N4O3. The largest absolute Gasteiger partial charge is 0.479 e. The van der Waals surface area contributed by atoms with Crippen LogP contribution in [0.5, 0.6) is 5.88 Å². The quantitative estimate of drug-likeness (QED) is 0.862. The number of rotatable bonds is 5. The normalized spacial score (nSPS) is 10.3. The van der Waals surface area contributed by atoms with E-state index in [2.05, 4.69) is 15.7 Å². The number of aromatic nitrogens is 2. The molecule has 9 heteroatoms. The van der Waals surface area contributed by atoms with Crippen molar-refractivity contribution in [2.45, 2.75) is 0 Å². The Hall–Kier alpha value is -2.97. The van der Waals surface area contributed by atoms with E-state index in [1.165, 1.54) is 24.1 Å². The molecule has 0 aliphatic carbocycles. The number of carbonyl (C=O) groups excluding carboxylic acids is 2. The van der Waals surface area contributed by atoms with E-state index in [-0.39, 0.29) is 23.7 Å². The summed E-state index contributed by atoms with van der Waals surface area (Å²) in [6.07, 6.45) is 1.45. The second kappa shape index (κ2) is 6.86. The van der Waals surface area contributed by atoms with E-state index < -0.39 is 23.4 Å². The molecule has 0 saturated heterocycles. The van der Waals surface area contributed by atoms with Crippen LogP contribution < -0.4 is 15.4 Å². The lowest BCUT2D eigenvalue weighted by molar-refractivity contribution is -0.115. The van der Waals surface area contributed by atoms with E-state index >= 15 is 0 Å². The summed E-state index contributed by atoms with van der Waals surface area (Å²) in [5.41, 5.74) is 0.262. The summed E-state index contributed by atoms with van der Waals surface area (Å²) in [5, 5.41) is 8.64. The van der Waals surface area contributed by atoms with Crippen LogP contribution in [0.1, 0.15) is 10.4 Å². The van der Waals surface area contributed by atoms with Gasteiger partial charge in [-0.2, -0.15) is 0 Å². The second-order valence-electron chi connectivity index (χ2n) is 4.59. The number of aryl methyl sites for hydroxylation is 1. The first-order valence-electron chi connectivity index (χ1n) is 6.51. The van der Waals surface area contributed by atoms with Gasteiger partial charge in [0.15, 0.2) is 11.6 Å². The maximum absolute atomic E-state index is 13.0. The number of methoxy groups -OCH3 is 1. The molecular weight excluding hydrogens is 310 g/mol. The van der Waals surface area contributed by atoms with E-state index in [4.69, 9.17) is 4.74 Å². The van der Waals surface area contributed by atoms with Crippen molar-refractivity contribution in [3.05, 3.63) is 41.6 Å². The number of ether oxygens (including phenoxy) is 1. The third-order valence-electron chi connectivity index (χ3n) is 2.85. The van der Waals surface area contributed by atoms with Crippen LogP contribution >= 0.6 is 0 Å². The Morgan fingerprint density at radius 3 is 2.70 bits per heavy atom. The third kappa shape index (κ3) is 4.02. The van der Waals surface area contributed by atoms with E-state index in [1.54, 1.807) is 7.05 Å². The molecule has 1 heterocycles. The van der Waals surface area contributed by atoms with Crippen molar-refractivity contribution in [1.82, 2.24) is 15.1 Å². The number of nitrogens with one attached hydrogen (secondary N) is 2. The molecule has 122 valence electrons. The SMILES string of the molecule is COc1nn(C)cc1C(=O)NCC(=O)Nc1ccc(F)c(F)c1. The van der Waals surface area contributed by atoms with Crippen molar-refractivity contribution in [2.75, 3.05) is 19.0 Å². The molecule has 2 N–H and O–H groups in total. The number of anilines is 1. The first kappa shape index (κ1) is 16.4. The predicted molar refractivity (Wildman–Crippen MR) is 77.1 cm³/mol. The van der Waals surface area contributed by atoms with Crippen LogP contribution in [-0.4, -0.2) is 35.2 Å². The number of nitrogens with zero attached hydrogens (tertiary/aromatic N) is 2. The molecule has 2 amide bonds. The molecule has 1 aromatic heterocycles. The van der Waals surface area contributed by atoms with Gasteiger partial charge in [-0.25, -0.2) is 8.78 Å². The molecule has 0 bridgehead atoms. The molecule has 0 fully saturated rings. The van der Waals surface area contributed by atoms with Gasteiger partial charge < -0.3 is 15.4 Å². The van der Waals surface area contributed by atoms with Crippen molar-refractivity contribution in [3.63, 3.8) is 0 Å². The molecule has 2 aromatic rings. The minimum Gasteiger partial charge on any atom is -0.479 e. The van der Waals surface area contributed by atoms with E-state index in [0.717, 1.165) is 12.1 Å². The number of hydrogen-bond acceptors (Lipinski definition) is 4. The molecule has 0 atom stereocenters. The van der Waals surface area contributed by atoms with Crippen molar-refractivity contribution < 1.29 is 23.1 Å². The summed E-state index contributed by atoms with van der Waals surface area (Å²) in [5.74, 6) is -3.10. The molecule has 0 radical (unpaired) electrons. The average molecular weight is 324 g/mol. The molecule has 23 heavy (non-hydrogen) atoms. The van der Waals surface area contributed by atoms with Crippen LogP contribution in [0.15, 0.2) is 24.4 Å². The molecule has 0 saturated carbocycles. The van der Waals surface area contributed by atoms with Crippen molar-refractivity contribution in [3.8, 4) is 5.88 Å². The van der Waals surface area contributed by atoms with Crippen LogP contribution in [0, 0.1) is 11.6 Å². The number of amides is 2. The Kier molecular flexibility index (Phi) is 4.89. The molecule has 0 aliphatic heterocycles. The van der Waals surface area contributed by atoms with Gasteiger partial charge >= 0.3 is 0 Å². The minimum absolute atomic E-state index is 0.0853. The van der Waals surface area contributed by atoms with E-state index in [9.17, 15) is 18.4 Å². The second-order valence-corrected chi connectivity index (χ2v) is 4.59. The summed E-state index contributed by atoms with van der Waals surface area (Å²) in [4.78, 5) is 23.7. The Bertz CT molecular complexity index is 746. The van der Waals surface area contributed by atoms with Gasteiger partial charge in [-0.05, 0) is 12.1 Å². The molecule has 0 aliphatic rings. The first-order chi connectivity index (χ1) is 10.9. The van der Waals surface area contributed by atoms with Gasteiger partial charge in [0.25, 0.3) is 5.91 Å². The third-order valence-corrected chi connectivity index (χ3v) is 2.85. The summed E-state index contributed by atoms with van der Waals surface area (Å²) in [7, 11) is 2.99. The maximum atomic E-state index is 13.0. The van der Waals surface area contributed by atoms with Crippen LogP contribution in [-0.2, 0) is 11.8 Å². The van der Waals surface area contributed by atoms with Crippen LogP contribution in [0.3, 0.4) is 0 Å². The number of hydrogen-bond donors (Lipinski definition) is 2. The standard InChI is InChI=1S/C14H14F2N4O3/c1-20-7-9(14(19-20)23-2)13(22)17-6-12(21)18-8-3-4-10(15)11(16)5-8/h3-5,7H,6H2,1-2H3,(H,17,22)(H,18,21). The van der Waals surface area contributed by atoms with Gasteiger partial charge in [0.2, 0.25) is 11.8 Å². The topological polar surface area (TPSA) is 85.2 Å². The summed E-state index contributed by atoms with van der Waals surface area (Å²) >= 11 is 0. The lowest BCUT2D eigenvalue weighted by Gasteiger charge is -2.07. The Balaban J connectivity index is 1.93. The van der Waals surface area contributed by atoms with Gasteiger partial charge in [-0.3, -0.25) is 14.3 Å². The Morgan fingerprint density at radius 1 is 1.30 bits per heavy atom. The van der Waals surface area contributed by atoms with Crippen LogP contribution in [0.4, 0.5) is 14.5 Å². The zero-order valence-electron chi connectivity index (χ0n) is 12.4. The maximum Gasteiger partial charge on any atom is 0.258 e. The fraction of sp³-hybridized carbons (Fsp3) is 0.214. The van der Waals surface area contributed by atoms with Crippen molar-refractivity contribution in [1.29, 1.82) is 0 Å². The smallest absolute Gasteiger partial charge is 0.258 e. The monoisotopic (exact) mass is 324 g/mol. The molecule has 0 spiro atoms. The van der Waals surface area contributed by atoms with Gasteiger partial charge in [-0.1, -0.05) is 0 Å². The number of benzene rings is 1. The van der Waals surface area contributed by atoms with Gasteiger partial charge in [0.1, 0.15) is 5.56 Å². The first-order valence-corrected chi connectivity index (χ1v) is 6.51. The average Bonchev–Trinajstić information content (AvgIpc) is 2.90. The number of carbonyl (C=O) groups is 2. The Morgan fingerprint density at radius 2 is 2.04 bits per heavy atom. The van der Waals surface area contributed by atoms with Crippen LogP contribution in [0.2, 0.25) is 0 Å². The van der Waals surface area contributed by atoms with Gasteiger partial charge in [-0.15, -0.1) is 5.10 Å². The zero-order valence-corrected chi connectivity index (χ0v) is 12.4. The highest BCUT2D eigenvalue weighted by Gasteiger charge is 2.17.